The normalized spacial score (nSPS) is 14.4. The zero-order valence-electron chi connectivity index (χ0n) is 16.7. The third kappa shape index (κ3) is 9.73. The summed E-state index contributed by atoms with van der Waals surface area (Å²) in [6.07, 6.45) is 3.24. The summed E-state index contributed by atoms with van der Waals surface area (Å²) in [5.74, 6) is 0.867. The van der Waals surface area contributed by atoms with Crippen molar-refractivity contribution in [2.75, 3.05) is 60.2 Å². The van der Waals surface area contributed by atoms with Crippen molar-refractivity contribution in [3.05, 3.63) is 35.4 Å². The average Bonchev–Trinajstić information content (AvgIpc) is 2.68. The Labute approximate surface area is 181 Å². The van der Waals surface area contributed by atoms with Crippen LogP contribution in [0.3, 0.4) is 0 Å². The number of nitrogens with one attached hydrogen (secondary N) is 2. The van der Waals surface area contributed by atoms with Crippen LogP contribution in [-0.2, 0) is 22.4 Å². The van der Waals surface area contributed by atoms with Crippen LogP contribution in [0.15, 0.2) is 29.3 Å². The molecule has 0 bridgehead atoms. The zero-order chi connectivity index (χ0) is 18.5. The fourth-order valence-corrected chi connectivity index (χ4v) is 3.10. The third-order valence-electron chi connectivity index (χ3n) is 4.57. The van der Waals surface area contributed by atoms with Crippen LogP contribution in [0.1, 0.15) is 24.0 Å². The Bertz CT molecular complexity index is 542. The minimum absolute atomic E-state index is 0. The summed E-state index contributed by atoms with van der Waals surface area (Å²) in [6, 6.07) is 8.79. The van der Waals surface area contributed by atoms with E-state index in [2.05, 4.69) is 44.8 Å². The largest absolute Gasteiger partial charge is 0.382 e. The fraction of sp³-hybridized carbons (Fsp3) is 0.650. The van der Waals surface area contributed by atoms with Crippen molar-refractivity contribution in [2.45, 2.75) is 25.8 Å². The van der Waals surface area contributed by atoms with Gasteiger partial charge in [-0.25, -0.2) is 0 Å². The maximum atomic E-state index is 5.45. The lowest BCUT2D eigenvalue weighted by molar-refractivity contribution is 0.0698. The Kier molecular flexibility index (Phi) is 13.5. The molecule has 0 spiro atoms. The van der Waals surface area contributed by atoms with Crippen LogP contribution in [0, 0.1) is 0 Å². The highest BCUT2D eigenvalue weighted by atomic mass is 127. The topological polar surface area (TPSA) is 58.1 Å². The summed E-state index contributed by atoms with van der Waals surface area (Å²) < 4.78 is 10.4. The van der Waals surface area contributed by atoms with E-state index in [0.717, 1.165) is 58.1 Å². The predicted molar refractivity (Wildman–Crippen MR) is 122 cm³/mol. The van der Waals surface area contributed by atoms with E-state index >= 15 is 0 Å². The molecule has 27 heavy (non-hydrogen) atoms. The molecular formula is C20H35IN4O2. The molecule has 0 amide bonds. The molecule has 1 aromatic carbocycles. The van der Waals surface area contributed by atoms with Crippen LogP contribution in [0.2, 0.25) is 0 Å². The van der Waals surface area contributed by atoms with Crippen molar-refractivity contribution in [1.82, 2.24) is 15.5 Å². The van der Waals surface area contributed by atoms with Crippen LogP contribution in [-0.4, -0.2) is 71.0 Å². The Morgan fingerprint density at radius 3 is 2.56 bits per heavy atom. The van der Waals surface area contributed by atoms with Gasteiger partial charge in [0.25, 0.3) is 0 Å². The van der Waals surface area contributed by atoms with E-state index in [0.29, 0.717) is 13.2 Å². The first-order valence-corrected chi connectivity index (χ1v) is 9.64. The van der Waals surface area contributed by atoms with Gasteiger partial charge in [0.15, 0.2) is 5.96 Å². The smallest absolute Gasteiger partial charge is 0.190 e. The van der Waals surface area contributed by atoms with E-state index < -0.39 is 0 Å². The van der Waals surface area contributed by atoms with Gasteiger partial charge in [0.2, 0.25) is 0 Å². The lowest BCUT2D eigenvalue weighted by atomic mass is 10.00. The number of halogens is 1. The molecule has 0 saturated carbocycles. The number of hydrogen-bond donors (Lipinski definition) is 2. The Morgan fingerprint density at radius 1 is 1.07 bits per heavy atom. The first-order chi connectivity index (χ1) is 12.8. The van der Waals surface area contributed by atoms with Gasteiger partial charge in [-0.05, 0) is 30.4 Å². The number of aliphatic imine (C=N–C) groups is 1. The molecule has 2 rings (SSSR count). The van der Waals surface area contributed by atoms with Crippen molar-refractivity contribution in [3.63, 3.8) is 0 Å². The van der Waals surface area contributed by atoms with Crippen LogP contribution in [0.25, 0.3) is 0 Å². The van der Waals surface area contributed by atoms with Gasteiger partial charge in [-0.2, -0.15) is 0 Å². The van der Waals surface area contributed by atoms with Crippen LogP contribution in [0.5, 0.6) is 0 Å². The monoisotopic (exact) mass is 490 g/mol. The van der Waals surface area contributed by atoms with E-state index in [9.17, 15) is 0 Å². The summed E-state index contributed by atoms with van der Waals surface area (Å²) >= 11 is 0. The van der Waals surface area contributed by atoms with Gasteiger partial charge in [0.05, 0.1) is 13.2 Å². The molecule has 1 aliphatic rings. The summed E-state index contributed by atoms with van der Waals surface area (Å²) in [6.45, 7) is 7.19. The molecule has 0 radical (unpaired) electrons. The van der Waals surface area contributed by atoms with Gasteiger partial charge < -0.3 is 20.1 Å². The number of fused-ring (bicyclic) bond motifs is 1. The number of benzene rings is 1. The van der Waals surface area contributed by atoms with Crippen molar-refractivity contribution in [1.29, 1.82) is 0 Å². The number of ether oxygens (including phenoxy) is 2. The molecule has 7 heteroatoms. The second kappa shape index (κ2) is 15.1. The fourth-order valence-electron chi connectivity index (χ4n) is 3.10. The number of methoxy groups -OCH3 is 1. The average molecular weight is 490 g/mol. The minimum atomic E-state index is 0. The number of hydrogen-bond acceptors (Lipinski definition) is 4. The highest BCUT2D eigenvalue weighted by Crippen LogP contribution is 2.18. The van der Waals surface area contributed by atoms with E-state index in [-0.39, 0.29) is 24.0 Å². The molecule has 2 N–H and O–H groups in total. The van der Waals surface area contributed by atoms with Gasteiger partial charge in [0.1, 0.15) is 0 Å². The maximum Gasteiger partial charge on any atom is 0.190 e. The molecule has 0 saturated heterocycles. The molecule has 1 aliphatic heterocycles. The van der Waals surface area contributed by atoms with Crippen LogP contribution >= 0.6 is 24.0 Å². The summed E-state index contributed by atoms with van der Waals surface area (Å²) in [5.41, 5.74) is 2.99. The number of guanidine groups is 1. The van der Waals surface area contributed by atoms with Gasteiger partial charge in [-0.3, -0.25) is 9.89 Å². The van der Waals surface area contributed by atoms with Crippen LogP contribution < -0.4 is 10.6 Å². The quantitative estimate of drug-likeness (QED) is 0.216. The third-order valence-corrected chi connectivity index (χ3v) is 4.57. The lowest BCUT2D eigenvalue weighted by Crippen LogP contribution is -2.39. The second-order valence-corrected chi connectivity index (χ2v) is 6.53. The standard InChI is InChI=1S/C20H34N4O2.HI/c1-21-20(23-11-6-14-26-16-15-25-2)22-10-5-12-24-13-9-18-7-3-4-8-19(18)17-24;/h3-4,7-8H,5-6,9-17H2,1-2H3,(H2,21,22,23);1H. The number of nitrogens with zero attached hydrogens (tertiary/aromatic N) is 2. The summed E-state index contributed by atoms with van der Waals surface area (Å²) in [5, 5.41) is 6.72. The summed E-state index contributed by atoms with van der Waals surface area (Å²) in [4.78, 5) is 6.81. The van der Waals surface area contributed by atoms with Gasteiger partial charge in [-0.1, -0.05) is 24.3 Å². The highest BCUT2D eigenvalue weighted by molar-refractivity contribution is 14.0. The Balaban J connectivity index is 0.00000364. The first-order valence-electron chi connectivity index (χ1n) is 9.64. The van der Waals surface area contributed by atoms with Gasteiger partial charge in [-0.15, -0.1) is 24.0 Å². The zero-order valence-corrected chi connectivity index (χ0v) is 19.0. The van der Waals surface area contributed by atoms with Gasteiger partial charge >= 0.3 is 0 Å². The van der Waals surface area contributed by atoms with Crippen molar-refractivity contribution in [3.8, 4) is 0 Å². The van der Waals surface area contributed by atoms with Gasteiger partial charge in [0, 0.05) is 53.5 Å². The molecule has 154 valence electrons. The molecule has 1 heterocycles. The van der Waals surface area contributed by atoms with Crippen LogP contribution in [0.4, 0.5) is 0 Å². The molecule has 0 unspecified atom stereocenters. The van der Waals surface area contributed by atoms with E-state index in [1.807, 2.05) is 7.05 Å². The lowest BCUT2D eigenvalue weighted by Gasteiger charge is -2.28. The predicted octanol–water partition coefficient (Wildman–Crippen LogP) is 2.27. The molecule has 0 atom stereocenters. The first kappa shape index (κ1) is 24.1. The van der Waals surface area contributed by atoms with Crippen molar-refractivity contribution >= 4 is 29.9 Å². The maximum absolute atomic E-state index is 5.45. The minimum Gasteiger partial charge on any atom is -0.382 e. The van der Waals surface area contributed by atoms with Crippen molar-refractivity contribution in [2.24, 2.45) is 4.99 Å². The molecule has 1 aromatic rings. The van der Waals surface area contributed by atoms with Crippen molar-refractivity contribution < 1.29 is 9.47 Å². The molecular weight excluding hydrogens is 455 g/mol. The molecule has 0 aromatic heterocycles. The van der Waals surface area contributed by atoms with E-state index in [1.165, 1.54) is 17.5 Å². The molecule has 0 fully saturated rings. The highest BCUT2D eigenvalue weighted by Gasteiger charge is 2.14. The summed E-state index contributed by atoms with van der Waals surface area (Å²) in [7, 11) is 3.50. The van der Waals surface area contributed by atoms with E-state index in [4.69, 9.17) is 9.47 Å². The second-order valence-electron chi connectivity index (χ2n) is 6.53. The molecule has 6 nitrogen and oxygen atoms in total. The Morgan fingerprint density at radius 2 is 1.81 bits per heavy atom. The Hall–Kier alpha value is -0.900. The molecule has 0 aliphatic carbocycles. The SMILES string of the molecule is CN=C(NCCCOCCOC)NCCCN1CCc2ccccc2C1.I. The number of rotatable bonds is 11. The van der Waals surface area contributed by atoms with E-state index in [1.54, 1.807) is 7.11 Å².